The van der Waals surface area contributed by atoms with Crippen molar-refractivity contribution in [2.45, 2.75) is 24.3 Å². The van der Waals surface area contributed by atoms with Gasteiger partial charge in [0, 0.05) is 36.6 Å². The van der Waals surface area contributed by atoms with Crippen molar-refractivity contribution in [2.75, 3.05) is 13.2 Å². The summed E-state index contributed by atoms with van der Waals surface area (Å²) in [5, 5.41) is 0. The Morgan fingerprint density at radius 2 is 2.00 bits per heavy atom. The van der Waals surface area contributed by atoms with Gasteiger partial charge >= 0.3 is 5.69 Å². The van der Waals surface area contributed by atoms with E-state index in [9.17, 15) is 18.0 Å². The van der Waals surface area contributed by atoms with E-state index in [-0.39, 0.29) is 5.92 Å². The average molecular weight is 309 g/mol. The second kappa shape index (κ2) is 5.48. The van der Waals surface area contributed by atoms with Crippen LogP contribution in [0.3, 0.4) is 0 Å². The number of rotatable bonds is 3. The Morgan fingerprint density at radius 1 is 1.37 bits per heavy atom. The highest BCUT2D eigenvalue weighted by Gasteiger charge is 2.20. The Morgan fingerprint density at radius 3 is 2.58 bits per heavy atom. The van der Waals surface area contributed by atoms with Crippen LogP contribution in [-0.4, -0.2) is 31.2 Å². The fourth-order valence-corrected chi connectivity index (χ4v) is 2.86. The van der Waals surface area contributed by atoms with Crippen LogP contribution in [0.25, 0.3) is 0 Å². The molecule has 1 aromatic heterocycles. The van der Waals surface area contributed by atoms with Crippen LogP contribution in [0.2, 0.25) is 0 Å². The number of aromatic amines is 1. The number of nitrogens with zero attached hydrogens (tertiary/aromatic N) is 1. The Labute approximate surface area is 113 Å². The van der Waals surface area contributed by atoms with E-state index in [1.807, 2.05) is 4.98 Å². The Bertz CT molecular complexity index is 672. The fourth-order valence-electron chi connectivity index (χ4n) is 2.01. The molecule has 1 aromatic rings. The molecule has 106 valence electrons. The minimum absolute atomic E-state index is 0.211. The van der Waals surface area contributed by atoms with Gasteiger partial charge < -0.3 is 4.74 Å². The van der Waals surface area contributed by atoms with Gasteiger partial charge in [-0.15, -0.1) is 0 Å². The maximum atomic E-state index is 11.6. The lowest BCUT2D eigenvalue weighted by atomic mass is 10.0. The number of aromatic nitrogens is 2. The Balaban J connectivity index is 2.35. The highest BCUT2D eigenvalue weighted by Crippen LogP contribution is 2.16. The van der Waals surface area contributed by atoms with Crippen molar-refractivity contribution in [3.8, 4) is 0 Å². The third kappa shape index (κ3) is 3.46. The van der Waals surface area contributed by atoms with Crippen LogP contribution in [0.4, 0.5) is 0 Å². The van der Waals surface area contributed by atoms with Crippen molar-refractivity contribution in [3.63, 3.8) is 0 Å². The van der Waals surface area contributed by atoms with Crippen LogP contribution >= 0.6 is 10.7 Å². The zero-order chi connectivity index (χ0) is 14.0. The van der Waals surface area contributed by atoms with Crippen LogP contribution in [-0.2, 0) is 20.3 Å². The molecule has 0 saturated carbocycles. The molecule has 9 heteroatoms. The van der Waals surface area contributed by atoms with Crippen LogP contribution in [0.15, 0.2) is 20.7 Å². The molecule has 2 heterocycles. The first kappa shape index (κ1) is 14.3. The molecule has 0 amide bonds. The van der Waals surface area contributed by atoms with Crippen LogP contribution in [0.1, 0.15) is 12.8 Å². The van der Waals surface area contributed by atoms with E-state index in [0.29, 0.717) is 19.8 Å². The molecule has 1 saturated heterocycles. The van der Waals surface area contributed by atoms with E-state index in [0.717, 1.165) is 19.0 Å². The van der Waals surface area contributed by atoms with Gasteiger partial charge in [-0.2, -0.15) is 0 Å². The summed E-state index contributed by atoms with van der Waals surface area (Å²) >= 11 is 0. The summed E-state index contributed by atoms with van der Waals surface area (Å²) in [7, 11) is 0.978. The highest BCUT2D eigenvalue weighted by molar-refractivity contribution is 8.13. The smallest absolute Gasteiger partial charge is 0.328 e. The zero-order valence-corrected chi connectivity index (χ0v) is 11.5. The quantitative estimate of drug-likeness (QED) is 0.786. The van der Waals surface area contributed by atoms with Gasteiger partial charge in [-0.1, -0.05) is 0 Å². The summed E-state index contributed by atoms with van der Waals surface area (Å²) in [6.07, 6.45) is 2.57. The van der Waals surface area contributed by atoms with Crippen LogP contribution in [0, 0.1) is 5.92 Å². The van der Waals surface area contributed by atoms with Crippen molar-refractivity contribution in [1.29, 1.82) is 0 Å². The van der Waals surface area contributed by atoms with E-state index in [2.05, 4.69) is 0 Å². The van der Waals surface area contributed by atoms with Gasteiger partial charge in [-0.3, -0.25) is 14.3 Å². The molecule has 7 nitrogen and oxygen atoms in total. The Hall–Kier alpha value is -1.12. The zero-order valence-electron chi connectivity index (χ0n) is 9.96. The number of ether oxygens (including phenoxy) is 1. The molecule has 0 spiro atoms. The molecule has 19 heavy (non-hydrogen) atoms. The number of hydrogen-bond acceptors (Lipinski definition) is 5. The normalized spacial score (nSPS) is 17.5. The van der Waals surface area contributed by atoms with Crippen molar-refractivity contribution >= 4 is 19.7 Å². The second-order valence-corrected chi connectivity index (χ2v) is 6.93. The molecule has 0 aliphatic carbocycles. The predicted octanol–water partition coefficient (Wildman–Crippen LogP) is -0.109. The molecule has 0 bridgehead atoms. The predicted molar refractivity (Wildman–Crippen MR) is 67.9 cm³/mol. The van der Waals surface area contributed by atoms with Crippen LogP contribution in [0.5, 0.6) is 0 Å². The molecule has 1 N–H and O–H groups in total. The molecule has 1 aliphatic rings. The summed E-state index contributed by atoms with van der Waals surface area (Å²) in [4.78, 5) is 24.4. The molecule has 0 atom stereocenters. The maximum Gasteiger partial charge on any atom is 0.328 e. The monoisotopic (exact) mass is 308 g/mol. The van der Waals surface area contributed by atoms with Gasteiger partial charge in [-0.25, -0.2) is 13.2 Å². The molecule has 0 unspecified atom stereocenters. The minimum Gasteiger partial charge on any atom is -0.381 e. The fraction of sp³-hybridized carbons (Fsp3) is 0.600. The molecule has 1 aliphatic heterocycles. The van der Waals surface area contributed by atoms with E-state index in [4.69, 9.17) is 15.4 Å². The summed E-state index contributed by atoms with van der Waals surface area (Å²) in [5.41, 5.74) is -1.64. The number of H-pyrrole nitrogens is 1. The Kier molecular flexibility index (Phi) is 4.12. The lowest BCUT2D eigenvalue weighted by Crippen LogP contribution is -2.34. The van der Waals surface area contributed by atoms with Gasteiger partial charge in [-0.05, 0) is 18.8 Å². The summed E-state index contributed by atoms with van der Waals surface area (Å²) in [6.45, 7) is 1.56. The van der Waals surface area contributed by atoms with Crippen molar-refractivity contribution in [3.05, 3.63) is 27.0 Å². The first-order valence-corrected chi connectivity index (χ1v) is 8.05. The summed E-state index contributed by atoms with van der Waals surface area (Å²) in [6, 6.07) is 0. The number of nitrogens with one attached hydrogen (secondary N) is 1. The lowest BCUT2D eigenvalue weighted by molar-refractivity contribution is 0.0607. The SMILES string of the molecule is O=c1[nH]c(=O)n(CC2CCOCC2)cc1S(=O)(=O)Cl. The third-order valence-electron chi connectivity index (χ3n) is 3.04. The van der Waals surface area contributed by atoms with Gasteiger partial charge in [0.15, 0.2) is 4.90 Å². The largest absolute Gasteiger partial charge is 0.381 e. The molecular weight excluding hydrogens is 296 g/mol. The average Bonchev–Trinajstić information content (AvgIpc) is 2.32. The number of halogens is 1. The van der Waals surface area contributed by atoms with E-state index < -0.39 is 25.2 Å². The van der Waals surface area contributed by atoms with Gasteiger partial charge in [0.05, 0.1) is 0 Å². The number of hydrogen-bond donors (Lipinski definition) is 1. The molecule has 0 radical (unpaired) electrons. The third-order valence-corrected chi connectivity index (χ3v) is 4.35. The standard InChI is InChI=1S/C10H13ClN2O5S/c11-19(16,17)8-6-13(10(15)12-9(8)14)5-7-1-3-18-4-2-7/h6-7H,1-5H2,(H,12,14,15). The topological polar surface area (TPSA) is 98.2 Å². The molecule has 1 fully saturated rings. The van der Waals surface area contributed by atoms with Crippen molar-refractivity contribution in [2.24, 2.45) is 5.92 Å². The van der Waals surface area contributed by atoms with Gasteiger partial charge in [0.25, 0.3) is 14.6 Å². The van der Waals surface area contributed by atoms with E-state index in [1.165, 1.54) is 4.57 Å². The van der Waals surface area contributed by atoms with Gasteiger partial charge in [0.2, 0.25) is 0 Å². The van der Waals surface area contributed by atoms with Crippen molar-refractivity contribution in [1.82, 2.24) is 9.55 Å². The molecule has 0 aromatic carbocycles. The second-order valence-electron chi connectivity index (χ2n) is 4.40. The molecular formula is C10H13ClN2O5S. The van der Waals surface area contributed by atoms with Crippen LogP contribution < -0.4 is 11.2 Å². The maximum absolute atomic E-state index is 11.6. The minimum atomic E-state index is -4.17. The summed E-state index contributed by atoms with van der Waals surface area (Å²) < 4.78 is 28.8. The first-order chi connectivity index (χ1) is 8.88. The van der Waals surface area contributed by atoms with Gasteiger partial charge in [0.1, 0.15) is 0 Å². The van der Waals surface area contributed by atoms with E-state index in [1.54, 1.807) is 0 Å². The van der Waals surface area contributed by atoms with Crippen molar-refractivity contribution < 1.29 is 13.2 Å². The van der Waals surface area contributed by atoms with E-state index >= 15 is 0 Å². The first-order valence-electron chi connectivity index (χ1n) is 5.74. The summed E-state index contributed by atoms with van der Waals surface area (Å²) in [5.74, 6) is 0.211. The highest BCUT2D eigenvalue weighted by atomic mass is 35.7. The lowest BCUT2D eigenvalue weighted by Gasteiger charge is -2.22. The molecule has 2 rings (SSSR count).